The molecule has 4 heteroatoms. The third kappa shape index (κ3) is 3.09. The fourth-order valence-electron chi connectivity index (χ4n) is 1.67. The molecular formula is C14H17N3S. The van der Waals surface area contributed by atoms with Crippen LogP contribution >= 0.6 is 11.8 Å². The predicted molar refractivity (Wildman–Crippen MR) is 74.6 cm³/mol. The van der Waals surface area contributed by atoms with Crippen molar-refractivity contribution in [1.29, 1.82) is 0 Å². The van der Waals surface area contributed by atoms with Gasteiger partial charge in [-0.05, 0) is 42.8 Å². The summed E-state index contributed by atoms with van der Waals surface area (Å²) in [5.74, 6) is 0. The second-order valence-corrected chi connectivity index (χ2v) is 5.14. The average Bonchev–Trinajstić information content (AvgIpc) is 2.38. The van der Waals surface area contributed by atoms with Crippen molar-refractivity contribution in [3.63, 3.8) is 0 Å². The normalized spacial score (nSPS) is 12.4. The molecule has 2 rings (SSSR count). The number of nitrogens with zero attached hydrogens (tertiary/aromatic N) is 2. The molecule has 0 aliphatic heterocycles. The number of rotatable bonds is 4. The Balaban J connectivity index is 2.29. The van der Waals surface area contributed by atoms with Gasteiger partial charge in [-0.1, -0.05) is 25.1 Å². The molecule has 0 aliphatic carbocycles. The molecule has 1 aromatic carbocycles. The van der Waals surface area contributed by atoms with Gasteiger partial charge in [-0.3, -0.25) is 0 Å². The van der Waals surface area contributed by atoms with E-state index in [0.717, 1.165) is 27.7 Å². The molecule has 1 unspecified atom stereocenters. The van der Waals surface area contributed by atoms with E-state index in [2.05, 4.69) is 29.0 Å². The van der Waals surface area contributed by atoms with Crippen LogP contribution in [0.15, 0.2) is 46.6 Å². The topological polar surface area (TPSA) is 51.8 Å². The van der Waals surface area contributed by atoms with Gasteiger partial charge in [-0.2, -0.15) is 0 Å². The minimum atomic E-state index is 0.0681. The van der Waals surface area contributed by atoms with Crippen molar-refractivity contribution in [1.82, 2.24) is 9.97 Å². The molecule has 18 heavy (non-hydrogen) atoms. The summed E-state index contributed by atoms with van der Waals surface area (Å²) in [6.45, 7) is 4.06. The van der Waals surface area contributed by atoms with Crippen LogP contribution in [0, 0.1) is 6.92 Å². The van der Waals surface area contributed by atoms with Gasteiger partial charge in [-0.15, -0.1) is 0 Å². The Hall–Kier alpha value is -1.39. The van der Waals surface area contributed by atoms with Crippen LogP contribution in [0.2, 0.25) is 0 Å². The van der Waals surface area contributed by atoms with E-state index >= 15 is 0 Å². The smallest absolute Gasteiger partial charge is 0.192 e. The van der Waals surface area contributed by atoms with Crippen LogP contribution in [-0.4, -0.2) is 9.97 Å². The molecule has 1 atom stereocenters. The number of aryl methyl sites for hydroxylation is 1. The van der Waals surface area contributed by atoms with Gasteiger partial charge in [0.15, 0.2) is 5.16 Å². The molecule has 0 amide bonds. The van der Waals surface area contributed by atoms with E-state index in [1.165, 1.54) is 0 Å². The van der Waals surface area contributed by atoms with Gasteiger partial charge in [0.2, 0.25) is 0 Å². The van der Waals surface area contributed by atoms with E-state index in [1.807, 2.05) is 25.1 Å². The van der Waals surface area contributed by atoms with Crippen LogP contribution < -0.4 is 5.73 Å². The quantitative estimate of drug-likeness (QED) is 0.856. The minimum absolute atomic E-state index is 0.0681. The first-order chi connectivity index (χ1) is 8.70. The summed E-state index contributed by atoms with van der Waals surface area (Å²) in [5, 5.41) is 0.769. The van der Waals surface area contributed by atoms with E-state index in [0.29, 0.717) is 0 Å². The molecule has 0 saturated heterocycles. The van der Waals surface area contributed by atoms with E-state index in [9.17, 15) is 0 Å². The maximum absolute atomic E-state index is 6.12. The highest BCUT2D eigenvalue weighted by molar-refractivity contribution is 7.99. The highest BCUT2D eigenvalue weighted by Crippen LogP contribution is 2.31. The van der Waals surface area contributed by atoms with Crippen LogP contribution in [0.3, 0.4) is 0 Å². The number of hydrogen-bond donors (Lipinski definition) is 1. The Bertz CT molecular complexity index is 528. The maximum atomic E-state index is 6.12. The first-order valence-electron chi connectivity index (χ1n) is 6.02. The summed E-state index contributed by atoms with van der Waals surface area (Å²) in [5.41, 5.74) is 8.26. The van der Waals surface area contributed by atoms with Gasteiger partial charge in [0.25, 0.3) is 0 Å². The van der Waals surface area contributed by atoms with Crippen molar-refractivity contribution < 1.29 is 0 Å². The SMILES string of the molecule is CCC(N)c1ccccc1Sc1nccc(C)n1. The van der Waals surface area contributed by atoms with Gasteiger partial charge in [-0.25, -0.2) is 9.97 Å². The van der Waals surface area contributed by atoms with Crippen LogP contribution in [0.4, 0.5) is 0 Å². The monoisotopic (exact) mass is 259 g/mol. The molecule has 1 heterocycles. The highest BCUT2D eigenvalue weighted by Gasteiger charge is 2.10. The molecule has 0 spiro atoms. The molecular weight excluding hydrogens is 242 g/mol. The number of hydrogen-bond acceptors (Lipinski definition) is 4. The summed E-state index contributed by atoms with van der Waals surface area (Å²) in [6.07, 6.45) is 2.71. The second kappa shape index (κ2) is 5.98. The Labute approximate surface area is 112 Å². The van der Waals surface area contributed by atoms with Crippen molar-refractivity contribution in [2.24, 2.45) is 5.73 Å². The molecule has 0 radical (unpaired) electrons. The molecule has 1 aromatic heterocycles. The van der Waals surface area contributed by atoms with Crippen molar-refractivity contribution in [2.45, 2.75) is 36.4 Å². The fraction of sp³-hybridized carbons (Fsp3) is 0.286. The molecule has 0 bridgehead atoms. The Kier molecular flexibility index (Phi) is 4.33. The van der Waals surface area contributed by atoms with E-state index < -0.39 is 0 Å². The summed E-state index contributed by atoms with van der Waals surface area (Å²) >= 11 is 1.57. The second-order valence-electron chi connectivity index (χ2n) is 4.14. The van der Waals surface area contributed by atoms with Crippen molar-refractivity contribution in [3.8, 4) is 0 Å². The molecule has 2 aromatic rings. The maximum Gasteiger partial charge on any atom is 0.192 e. The summed E-state index contributed by atoms with van der Waals surface area (Å²) < 4.78 is 0. The number of aromatic nitrogens is 2. The molecule has 94 valence electrons. The molecule has 0 aliphatic rings. The van der Waals surface area contributed by atoms with E-state index in [-0.39, 0.29) is 6.04 Å². The average molecular weight is 259 g/mol. The van der Waals surface area contributed by atoms with Gasteiger partial charge in [0.1, 0.15) is 0 Å². The third-order valence-electron chi connectivity index (χ3n) is 2.73. The zero-order valence-corrected chi connectivity index (χ0v) is 11.4. The summed E-state index contributed by atoms with van der Waals surface area (Å²) in [4.78, 5) is 9.81. The largest absolute Gasteiger partial charge is 0.324 e. The van der Waals surface area contributed by atoms with E-state index in [4.69, 9.17) is 5.73 Å². The van der Waals surface area contributed by atoms with Gasteiger partial charge in [0.05, 0.1) is 0 Å². The zero-order chi connectivity index (χ0) is 13.0. The van der Waals surface area contributed by atoms with Crippen LogP contribution in [0.5, 0.6) is 0 Å². The van der Waals surface area contributed by atoms with Gasteiger partial charge < -0.3 is 5.73 Å². The molecule has 0 saturated carbocycles. The van der Waals surface area contributed by atoms with Gasteiger partial charge >= 0.3 is 0 Å². The summed E-state index contributed by atoms with van der Waals surface area (Å²) in [7, 11) is 0. The zero-order valence-electron chi connectivity index (χ0n) is 10.6. The van der Waals surface area contributed by atoms with Crippen LogP contribution in [0.25, 0.3) is 0 Å². The predicted octanol–water partition coefficient (Wildman–Crippen LogP) is 3.35. The number of benzene rings is 1. The lowest BCUT2D eigenvalue weighted by molar-refractivity contribution is 0.685. The first-order valence-corrected chi connectivity index (χ1v) is 6.84. The Morgan fingerprint density at radius 2 is 2.06 bits per heavy atom. The minimum Gasteiger partial charge on any atom is -0.324 e. The highest BCUT2D eigenvalue weighted by atomic mass is 32.2. The number of nitrogens with two attached hydrogens (primary N) is 1. The standard InChI is InChI=1S/C14H17N3S/c1-3-12(15)11-6-4-5-7-13(11)18-14-16-9-8-10(2)17-14/h4-9,12H,3,15H2,1-2H3. The molecule has 0 fully saturated rings. The van der Waals surface area contributed by atoms with Crippen molar-refractivity contribution in [2.75, 3.05) is 0 Å². The molecule has 3 nitrogen and oxygen atoms in total. The summed E-state index contributed by atoms with van der Waals surface area (Å²) in [6, 6.07) is 10.1. The van der Waals surface area contributed by atoms with Gasteiger partial charge in [0, 0.05) is 22.8 Å². The lowest BCUT2D eigenvalue weighted by Gasteiger charge is -2.13. The van der Waals surface area contributed by atoms with E-state index in [1.54, 1.807) is 18.0 Å². The lowest BCUT2D eigenvalue weighted by atomic mass is 10.1. The third-order valence-corrected chi connectivity index (χ3v) is 3.70. The van der Waals surface area contributed by atoms with Crippen LogP contribution in [0.1, 0.15) is 30.6 Å². The first kappa shape index (κ1) is 13.1. The Morgan fingerprint density at radius 3 is 2.78 bits per heavy atom. The Morgan fingerprint density at radius 1 is 1.28 bits per heavy atom. The van der Waals surface area contributed by atoms with Crippen molar-refractivity contribution in [3.05, 3.63) is 47.8 Å². The van der Waals surface area contributed by atoms with Crippen molar-refractivity contribution >= 4 is 11.8 Å². The fourth-order valence-corrected chi connectivity index (χ4v) is 2.66. The lowest BCUT2D eigenvalue weighted by Crippen LogP contribution is -2.09. The van der Waals surface area contributed by atoms with Crippen LogP contribution in [-0.2, 0) is 0 Å². The molecule has 2 N–H and O–H groups in total.